The third-order valence-electron chi connectivity index (χ3n) is 4.65. The van der Waals surface area contributed by atoms with Gasteiger partial charge in [0.2, 0.25) is 0 Å². The Morgan fingerprint density at radius 3 is 2.67 bits per heavy atom. The van der Waals surface area contributed by atoms with Crippen LogP contribution >= 0.6 is 0 Å². The van der Waals surface area contributed by atoms with Crippen molar-refractivity contribution in [2.45, 2.75) is 13.5 Å². The summed E-state index contributed by atoms with van der Waals surface area (Å²) in [6.07, 6.45) is 4.81. The molecule has 7 nitrogen and oxygen atoms in total. The lowest BCUT2D eigenvalue weighted by Crippen LogP contribution is -2.24. The Balaban J connectivity index is 2.00. The molecule has 0 N–H and O–H groups in total. The molecule has 30 heavy (non-hydrogen) atoms. The summed E-state index contributed by atoms with van der Waals surface area (Å²) < 4.78 is 21.2. The van der Waals surface area contributed by atoms with E-state index in [1.165, 1.54) is 25.4 Å². The van der Waals surface area contributed by atoms with E-state index in [0.29, 0.717) is 35.1 Å². The Hall–Kier alpha value is -3.74. The van der Waals surface area contributed by atoms with Crippen LogP contribution in [-0.4, -0.2) is 37.6 Å². The van der Waals surface area contributed by atoms with E-state index in [-0.39, 0.29) is 23.6 Å². The molecule has 1 aliphatic heterocycles. The topological polar surface area (TPSA) is 78.2 Å². The molecular formula is C23H23NO6. The summed E-state index contributed by atoms with van der Waals surface area (Å²) in [5.41, 5.74) is 1.65. The van der Waals surface area contributed by atoms with Crippen molar-refractivity contribution in [2.24, 2.45) is 0 Å². The maximum absolute atomic E-state index is 13.1. The summed E-state index contributed by atoms with van der Waals surface area (Å²) in [4.78, 5) is 27.1. The monoisotopic (exact) mass is 409 g/mol. The lowest BCUT2D eigenvalue weighted by molar-refractivity contribution is -0.136. The summed E-state index contributed by atoms with van der Waals surface area (Å²) in [5.74, 6) is 0.779. The van der Waals surface area contributed by atoms with Crippen LogP contribution in [0.3, 0.4) is 0 Å². The molecule has 2 aromatic rings. The maximum Gasteiger partial charge on any atom is 0.340 e. The van der Waals surface area contributed by atoms with E-state index in [2.05, 4.69) is 6.58 Å². The van der Waals surface area contributed by atoms with Crippen molar-refractivity contribution < 1.29 is 28.2 Å². The van der Waals surface area contributed by atoms with Crippen molar-refractivity contribution in [1.82, 2.24) is 4.90 Å². The number of amides is 1. The second-order valence-corrected chi connectivity index (χ2v) is 6.49. The van der Waals surface area contributed by atoms with Crippen molar-refractivity contribution in [3.63, 3.8) is 0 Å². The van der Waals surface area contributed by atoms with Gasteiger partial charge >= 0.3 is 5.97 Å². The number of carbonyl (C=O) groups is 2. The highest BCUT2D eigenvalue weighted by molar-refractivity contribution is 6.16. The number of ether oxygens (including phenoxy) is 3. The van der Waals surface area contributed by atoms with Crippen LogP contribution < -0.4 is 9.47 Å². The van der Waals surface area contributed by atoms with Crippen LogP contribution in [0.1, 0.15) is 18.2 Å². The number of furan rings is 1. The summed E-state index contributed by atoms with van der Waals surface area (Å²) in [6, 6.07) is 8.77. The first-order valence-corrected chi connectivity index (χ1v) is 9.27. The first kappa shape index (κ1) is 21.0. The van der Waals surface area contributed by atoms with E-state index in [0.717, 1.165) is 0 Å². The van der Waals surface area contributed by atoms with Crippen molar-refractivity contribution >= 4 is 18.0 Å². The van der Waals surface area contributed by atoms with E-state index in [9.17, 15) is 9.59 Å². The molecule has 0 saturated carbocycles. The van der Waals surface area contributed by atoms with Crippen LogP contribution in [0.5, 0.6) is 11.5 Å². The van der Waals surface area contributed by atoms with Gasteiger partial charge in [0.05, 0.1) is 38.2 Å². The van der Waals surface area contributed by atoms with Crippen LogP contribution in [-0.2, 0) is 20.9 Å². The molecule has 1 aromatic heterocycles. The third kappa shape index (κ3) is 4.15. The smallest absolute Gasteiger partial charge is 0.340 e. The summed E-state index contributed by atoms with van der Waals surface area (Å²) in [5, 5.41) is 0. The van der Waals surface area contributed by atoms with Gasteiger partial charge in [-0.1, -0.05) is 18.7 Å². The van der Waals surface area contributed by atoms with Crippen molar-refractivity contribution in [2.75, 3.05) is 20.8 Å². The minimum absolute atomic E-state index is 0.215. The molecular weight excluding hydrogens is 386 g/mol. The highest BCUT2D eigenvalue weighted by Crippen LogP contribution is 2.34. The van der Waals surface area contributed by atoms with Crippen molar-refractivity contribution in [3.8, 4) is 11.5 Å². The summed E-state index contributed by atoms with van der Waals surface area (Å²) >= 11 is 0. The summed E-state index contributed by atoms with van der Waals surface area (Å²) in [6.45, 7) is 5.89. The van der Waals surface area contributed by atoms with E-state index < -0.39 is 5.97 Å². The highest BCUT2D eigenvalue weighted by atomic mass is 16.5. The van der Waals surface area contributed by atoms with Gasteiger partial charge in [-0.05, 0) is 42.8 Å². The lowest BCUT2D eigenvalue weighted by Gasteiger charge is -2.16. The van der Waals surface area contributed by atoms with Gasteiger partial charge in [0, 0.05) is 5.70 Å². The van der Waals surface area contributed by atoms with E-state index in [4.69, 9.17) is 18.6 Å². The minimum atomic E-state index is -0.577. The quantitative estimate of drug-likeness (QED) is 0.376. The fourth-order valence-corrected chi connectivity index (χ4v) is 3.19. The van der Waals surface area contributed by atoms with Gasteiger partial charge < -0.3 is 23.5 Å². The van der Waals surface area contributed by atoms with Gasteiger partial charge in [0.1, 0.15) is 12.4 Å². The second kappa shape index (κ2) is 9.17. The molecule has 0 saturated heterocycles. The zero-order valence-electron chi connectivity index (χ0n) is 17.1. The van der Waals surface area contributed by atoms with Crippen LogP contribution in [0, 0.1) is 0 Å². The molecule has 2 heterocycles. The van der Waals surface area contributed by atoms with E-state index in [1.807, 2.05) is 0 Å². The SMILES string of the molecule is C=CCOc1ccc(/C=C2\C(=O)N(Cc3ccco3)C(C)=C2C(=O)OC)cc1OC. The lowest BCUT2D eigenvalue weighted by atomic mass is 10.0. The molecule has 0 atom stereocenters. The number of hydrogen-bond acceptors (Lipinski definition) is 6. The molecule has 0 radical (unpaired) electrons. The largest absolute Gasteiger partial charge is 0.493 e. The average molecular weight is 409 g/mol. The third-order valence-corrected chi connectivity index (χ3v) is 4.65. The minimum Gasteiger partial charge on any atom is -0.493 e. The van der Waals surface area contributed by atoms with Crippen LogP contribution in [0.4, 0.5) is 0 Å². The molecule has 0 fully saturated rings. The number of esters is 1. The van der Waals surface area contributed by atoms with Crippen LogP contribution in [0.15, 0.2) is 70.5 Å². The van der Waals surface area contributed by atoms with Gasteiger partial charge in [0.25, 0.3) is 5.91 Å². The predicted octanol–water partition coefficient (Wildman–Crippen LogP) is 3.73. The molecule has 1 amide bonds. The van der Waals surface area contributed by atoms with Gasteiger partial charge in [-0.25, -0.2) is 4.79 Å². The zero-order valence-corrected chi connectivity index (χ0v) is 17.1. The highest BCUT2D eigenvalue weighted by Gasteiger charge is 2.37. The number of carbonyl (C=O) groups excluding carboxylic acids is 2. The van der Waals surface area contributed by atoms with Crippen LogP contribution in [0.25, 0.3) is 6.08 Å². The molecule has 0 unspecified atom stereocenters. The van der Waals surface area contributed by atoms with Crippen LogP contribution in [0.2, 0.25) is 0 Å². The Morgan fingerprint density at radius 1 is 1.23 bits per heavy atom. The van der Waals surface area contributed by atoms with Gasteiger partial charge in [-0.15, -0.1) is 0 Å². The standard InChI is InChI=1S/C23H23NO6/c1-5-10-30-19-9-8-16(13-20(19)27-3)12-18-21(23(26)28-4)15(2)24(22(18)25)14-17-7-6-11-29-17/h5-9,11-13H,1,10,14H2,2-4H3/b18-12-. The molecule has 156 valence electrons. The van der Waals surface area contributed by atoms with Gasteiger partial charge in [0.15, 0.2) is 11.5 Å². The number of allylic oxidation sites excluding steroid dienone is 1. The fourth-order valence-electron chi connectivity index (χ4n) is 3.19. The van der Waals surface area contributed by atoms with E-state index in [1.54, 1.807) is 49.4 Å². The Labute approximate surface area is 174 Å². The molecule has 0 spiro atoms. The normalized spacial score (nSPS) is 15.0. The number of benzene rings is 1. The fraction of sp³-hybridized carbons (Fsp3) is 0.217. The molecule has 0 aliphatic carbocycles. The Bertz CT molecular complexity index is 1020. The second-order valence-electron chi connectivity index (χ2n) is 6.49. The number of nitrogens with zero attached hydrogens (tertiary/aromatic N) is 1. The zero-order chi connectivity index (χ0) is 21.7. The molecule has 1 aromatic carbocycles. The molecule has 3 rings (SSSR count). The first-order valence-electron chi connectivity index (χ1n) is 9.27. The maximum atomic E-state index is 13.1. The van der Waals surface area contributed by atoms with Crippen molar-refractivity contribution in [1.29, 1.82) is 0 Å². The Kier molecular flexibility index (Phi) is 6.41. The average Bonchev–Trinajstić information content (AvgIpc) is 3.35. The molecule has 7 heteroatoms. The predicted molar refractivity (Wildman–Crippen MR) is 111 cm³/mol. The number of methoxy groups -OCH3 is 2. The van der Waals surface area contributed by atoms with E-state index >= 15 is 0 Å². The first-order chi connectivity index (χ1) is 14.5. The summed E-state index contributed by atoms with van der Waals surface area (Å²) in [7, 11) is 2.82. The number of hydrogen-bond donors (Lipinski definition) is 0. The van der Waals surface area contributed by atoms with Gasteiger partial charge in [-0.3, -0.25) is 4.79 Å². The Morgan fingerprint density at radius 2 is 2.03 bits per heavy atom. The van der Waals surface area contributed by atoms with Crippen molar-refractivity contribution in [3.05, 3.63) is 77.4 Å². The molecule has 0 bridgehead atoms. The number of rotatable bonds is 8. The van der Waals surface area contributed by atoms with Gasteiger partial charge in [-0.2, -0.15) is 0 Å². The molecule has 1 aliphatic rings.